The number of ether oxygens (including phenoxy) is 2. The first kappa shape index (κ1) is 23.0. The second-order valence-electron chi connectivity index (χ2n) is 8.08. The van der Waals surface area contributed by atoms with Gasteiger partial charge in [0, 0.05) is 24.8 Å². The van der Waals surface area contributed by atoms with E-state index in [0.29, 0.717) is 59.6 Å². The summed E-state index contributed by atoms with van der Waals surface area (Å²) in [6, 6.07) is 18.4. The summed E-state index contributed by atoms with van der Waals surface area (Å²) in [7, 11) is 1.53. The minimum atomic E-state index is -0.238. The highest BCUT2D eigenvalue weighted by Crippen LogP contribution is 2.32. The van der Waals surface area contributed by atoms with Gasteiger partial charge in [0.15, 0.2) is 23.9 Å². The van der Waals surface area contributed by atoms with Crippen LogP contribution in [0.5, 0.6) is 11.5 Å². The molecule has 0 atom stereocenters. The zero-order valence-corrected chi connectivity index (χ0v) is 19.6. The van der Waals surface area contributed by atoms with Crippen molar-refractivity contribution in [2.24, 2.45) is 0 Å². The van der Waals surface area contributed by atoms with Gasteiger partial charge in [0.05, 0.1) is 19.3 Å². The van der Waals surface area contributed by atoms with Gasteiger partial charge in [0.25, 0.3) is 11.8 Å². The summed E-state index contributed by atoms with van der Waals surface area (Å²) in [4.78, 5) is 33.3. The molecule has 0 unspecified atom stereocenters. The lowest BCUT2D eigenvalue weighted by molar-refractivity contribution is -0.123. The number of carbonyl (C=O) groups is 2. The molecule has 0 spiro atoms. The van der Waals surface area contributed by atoms with Gasteiger partial charge in [-0.3, -0.25) is 14.3 Å². The fourth-order valence-electron chi connectivity index (χ4n) is 3.82. The van der Waals surface area contributed by atoms with Crippen LogP contribution in [0.1, 0.15) is 16.1 Å². The number of nitrogens with one attached hydrogen (secondary N) is 2. The summed E-state index contributed by atoms with van der Waals surface area (Å²) in [5, 5.41) is 10.1. The van der Waals surface area contributed by atoms with Crippen molar-refractivity contribution in [3.8, 4) is 34.3 Å². The molecule has 2 aromatic heterocycles. The summed E-state index contributed by atoms with van der Waals surface area (Å²) in [6.07, 6.45) is 1.64. The van der Waals surface area contributed by atoms with Crippen molar-refractivity contribution in [2.75, 3.05) is 20.3 Å². The highest BCUT2D eigenvalue weighted by molar-refractivity contribution is 5.94. The Kier molecular flexibility index (Phi) is 6.57. The Balaban J connectivity index is 1.28. The van der Waals surface area contributed by atoms with Gasteiger partial charge in [0.1, 0.15) is 11.4 Å². The van der Waals surface area contributed by atoms with Crippen molar-refractivity contribution < 1.29 is 19.1 Å². The maximum absolute atomic E-state index is 12.2. The maximum atomic E-state index is 12.2. The molecule has 2 N–H and O–H groups in total. The predicted molar refractivity (Wildman–Crippen MR) is 131 cm³/mol. The van der Waals surface area contributed by atoms with E-state index in [4.69, 9.17) is 9.47 Å². The Morgan fingerprint density at radius 2 is 1.94 bits per heavy atom. The number of benzene rings is 2. The topological polar surface area (TPSA) is 120 Å². The Morgan fingerprint density at radius 3 is 2.75 bits per heavy atom. The summed E-state index contributed by atoms with van der Waals surface area (Å²) < 4.78 is 12.9. The van der Waals surface area contributed by atoms with Gasteiger partial charge in [-0.25, -0.2) is 9.97 Å². The smallest absolute Gasteiger partial charge is 0.269 e. The van der Waals surface area contributed by atoms with E-state index in [1.807, 2.05) is 30.3 Å². The molecule has 5 rings (SSSR count). The van der Waals surface area contributed by atoms with Crippen molar-refractivity contribution in [1.29, 1.82) is 0 Å². The van der Waals surface area contributed by atoms with Gasteiger partial charge in [-0.2, -0.15) is 5.10 Å². The molecule has 0 fully saturated rings. The maximum Gasteiger partial charge on any atom is 0.269 e. The molecule has 3 heterocycles. The van der Waals surface area contributed by atoms with Crippen LogP contribution >= 0.6 is 0 Å². The largest absolute Gasteiger partial charge is 0.493 e. The van der Waals surface area contributed by atoms with Crippen LogP contribution in [-0.4, -0.2) is 51.8 Å². The van der Waals surface area contributed by atoms with Crippen LogP contribution in [-0.2, 0) is 17.9 Å². The van der Waals surface area contributed by atoms with E-state index in [1.165, 1.54) is 7.11 Å². The number of fused-ring (bicyclic) bond motifs is 1. The SMILES string of the molecule is COc1cc(-c2nccc(-c3cc4n(n3)CCNC4=O)n2)ccc1OCC(=O)NCc1ccccc1. The number of nitrogens with zero attached hydrogens (tertiary/aromatic N) is 4. The molecule has 2 amide bonds. The minimum absolute atomic E-state index is 0.146. The number of aromatic nitrogens is 4. The van der Waals surface area contributed by atoms with Crippen LogP contribution in [0, 0.1) is 0 Å². The third kappa shape index (κ3) is 5.02. The highest BCUT2D eigenvalue weighted by Gasteiger charge is 2.20. The molecule has 0 aliphatic carbocycles. The molecule has 0 bridgehead atoms. The molecule has 4 aromatic rings. The van der Waals surface area contributed by atoms with Gasteiger partial charge >= 0.3 is 0 Å². The lowest BCUT2D eigenvalue weighted by Gasteiger charge is -2.13. The number of carbonyl (C=O) groups excluding carboxylic acids is 2. The predicted octanol–water partition coefficient (Wildman–Crippen LogP) is 2.45. The third-order valence-corrected chi connectivity index (χ3v) is 5.65. The number of hydrogen-bond acceptors (Lipinski definition) is 7. The van der Waals surface area contributed by atoms with E-state index in [2.05, 4.69) is 25.7 Å². The molecule has 36 heavy (non-hydrogen) atoms. The molecular formula is C26H24N6O4. The molecule has 182 valence electrons. The Hall–Kier alpha value is -4.73. The van der Waals surface area contributed by atoms with E-state index >= 15 is 0 Å². The fourth-order valence-corrected chi connectivity index (χ4v) is 3.82. The van der Waals surface area contributed by atoms with Crippen LogP contribution in [0.15, 0.2) is 66.9 Å². The summed E-state index contributed by atoms with van der Waals surface area (Å²) in [5.74, 6) is 0.959. The molecule has 10 heteroatoms. The monoisotopic (exact) mass is 484 g/mol. The first-order valence-electron chi connectivity index (χ1n) is 11.4. The van der Waals surface area contributed by atoms with E-state index in [9.17, 15) is 9.59 Å². The number of hydrogen-bond donors (Lipinski definition) is 2. The van der Waals surface area contributed by atoms with E-state index in [0.717, 1.165) is 5.56 Å². The first-order valence-corrected chi connectivity index (χ1v) is 11.4. The summed E-state index contributed by atoms with van der Waals surface area (Å²) in [6.45, 7) is 1.44. The quantitative estimate of drug-likeness (QED) is 0.394. The lowest BCUT2D eigenvalue weighted by atomic mass is 10.1. The molecule has 10 nitrogen and oxygen atoms in total. The van der Waals surface area contributed by atoms with Crippen molar-refractivity contribution in [2.45, 2.75) is 13.1 Å². The van der Waals surface area contributed by atoms with E-state index in [1.54, 1.807) is 41.2 Å². The van der Waals surface area contributed by atoms with E-state index in [-0.39, 0.29) is 18.4 Å². The van der Waals surface area contributed by atoms with Gasteiger partial charge < -0.3 is 20.1 Å². The second kappa shape index (κ2) is 10.3. The average molecular weight is 485 g/mol. The van der Waals surface area contributed by atoms with Gasteiger partial charge in [-0.1, -0.05) is 30.3 Å². The molecule has 2 aromatic carbocycles. The molecule has 1 aliphatic rings. The van der Waals surface area contributed by atoms with Crippen molar-refractivity contribution in [1.82, 2.24) is 30.4 Å². The van der Waals surface area contributed by atoms with Crippen LogP contribution in [0.2, 0.25) is 0 Å². The minimum Gasteiger partial charge on any atom is -0.493 e. The third-order valence-electron chi connectivity index (χ3n) is 5.65. The van der Waals surface area contributed by atoms with Gasteiger partial charge in [-0.15, -0.1) is 0 Å². The van der Waals surface area contributed by atoms with Crippen LogP contribution < -0.4 is 20.1 Å². The van der Waals surface area contributed by atoms with Crippen LogP contribution in [0.3, 0.4) is 0 Å². The number of methoxy groups -OCH3 is 1. The van der Waals surface area contributed by atoms with Gasteiger partial charge in [-0.05, 0) is 35.9 Å². The van der Waals surface area contributed by atoms with Crippen LogP contribution in [0.4, 0.5) is 0 Å². The molecule has 0 saturated carbocycles. The Morgan fingerprint density at radius 1 is 1.08 bits per heavy atom. The second-order valence-corrected chi connectivity index (χ2v) is 8.08. The Labute approximate surface area is 207 Å². The van der Waals surface area contributed by atoms with Crippen molar-refractivity contribution in [3.05, 3.63) is 78.1 Å². The standard InChI is InChI=1S/C26H24N6O4/c1-35-23-13-18(7-8-22(23)36-16-24(33)29-15-17-5-3-2-4-6-17)25-27-10-9-19(30-25)20-14-21-26(34)28-11-12-32(21)31-20/h2-10,13-14H,11-12,15-16H2,1H3,(H,28,34)(H,29,33). The number of rotatable bonds is 8. The fraction of sp³-hybridized carbons (Fsp3) is 0.192. The summed E-state index contributed by atoms with van der Waals surface area (Å²) in [5.41, 5.74) is 3.42. The Bertz CT molecular complexity index is 1400. The van der Waals surface area contributed by atoms with Crippen molar-refractivity contribution in [3.63, 3.8) is 0 Å². The lowest BCUT2D eigenvalue weighted by Crippen LogP contribution is -2.35. The highest BCUT2D eigenvalue weighted by atomic mass is 16.5. The normalized spacial score (nSPS) is 12.4. The molecule has 1 aliphatic heterocycles. The zero-order chi connectivity index (χ0) is 24.9. The number of amides is 2. The molecule has 0 saturated heterocycles. The molecule has 0 radical (unpaired) electrons. The van der Waals surface area contributed by atoms with Crippen LogP contribution in [0.25, 0.3) is 22.8 Å². The summed E-state index contributed by atoms with van der Waals surface area (Å²) >= 11 is 0. The van der Waals surface area contributed by atoms with Gasteiger partial charge in [0.2, 0.25) is 0 Å². The average Bonchev–Trinajstić information content (AvgIpc) is 3.37. The zero-order valence-electron chi connectivity index (χ0n) is 19.6. The molecular weight excluding hydrogens is 460 g/mol. The van der Waals surface area contributed by atoms with E-state index < -0.39 is 0 Å². The van der Waals surface area contributed by atoms with Crippen molar-refractivity contribution >= 4 is 11.8 Å². The first-order chi connectivity index (χ1) is 17.6.